The number of para-hydroxylation sites is 1. The minimum Gasteiger partial charge on any atom is -0.310 e. The van der Waals surface area contributed by atoms with E-state index in [1.807, 2.05) is 0 Å². The second kappa shape index (κ2) is 11.2. The molecule has 0 amide bonds. The summed E-state index contributed by atoms with van der Waals surface area (Å²) in [4.78, 5) is 2.45. The van der Waals surface area contributed by atoms with Crippen LogP contribution in [0.5, 0.6) is 0 Å². The lowest BCUT2D eigenvalue weighted by atomic mass is 9.67. The third kappa shape index (κ3) is 4.15. The van der Waals surface area contributed by atoms with E-state index in [1.165, 1.54) is 72.1 Å². The molecule has 51 heavy (non-hydrogen) atoms. The van der Waals surface area contributed by atoms with Crippen molar-refractivity contribution < 1.29 is 0 Å². The highest BCUT2D eigenvalue weighted by Crippen LogP contribution is 2.58. The molecule has 0 unspecified atom stereocenters. The maximum atomic E-state index is 2.45. The maximum absolute atomic E-state index is 2.45. The highest BCUT2D eigenvalue weighted by Gasteiger charge is 2.46. The summed E-state index contributed by atoms with van der Waals surface area (Å²) in [5.74, 6) is 0. The Morgan fingerprint density at radius 1 is 0.373 bits per heavy atom. The van der Waals surface area contributed by atoms with Crippen molar-refractivity contribution in [1.29, 1.82) is 0 Å². The molecule has 10 rings (SSSR count). The number of anilines is 3. The molecule has 0 aromatic heterocycles. The zero-order valence-electron chi connectivity index (χ0n) is 28.8. The van der Waals surface area contributed by atoms with Gasteiger partial charge in [-0.25, -0.2) is 0 Å². The first-order valence-corrected chi connectivity index (χ1v) is 18.0. The van der Waals surface area contributed by atoms with Gasteiger partial charge in [0.2, 0.25) is 0 Å². The minimum absolute atomic E-state index is 0.0915. The number of fused-ring (bicyclic) bond motifs is 8. The molecule has 0 spiro atoms. The first-order valence-electron chi connectivity index (χ1n) is 18.0. The quantitative estimate of drug-likeness (QED) is 0.179. The summed E-state index contributed by atoms with van der Waals surface area (Å²) in [6.07, 6.45) is 0. The van der Waals surface area contributed by atoms with Crippen LogP contribution in [0.15, 0.2) is 188 Å². The van der Waals surface area contributed by atoms with E-state index < -0.39 is 5.41 Å². The molecular formula is C50H37N. The molecule has 0 atom stereocenters. The van der Waals surface area contributed by atoms with E-state index >= 15 is 0 Å². The van der Waals surface area contributed by atoms with Crippen molar-refractivity contribution in [3.8, 4) is 22.3 Å². The Kier molecular flexibility index (Phi) is 6.51. The number of nitrogens with zero attached hydrogens (tertiary/aromatic N) is 1. The smallest absolute Gasteiger partial charge is 0.0713 e. The van der Waals surface area contributed by atoms with E-state index in [4.69, 9.17) is 0 Å². The van der Waals surface area contributed by atoms with Crippen molar-refractivity contribution in [2.45, 2.75) is 24.7 Å². The van der Waals surface area contributed by atoms with E-state index in [0.29, 0.717) is 0 Å². The van der Waals surface area contributed by atoms with Crippen LogP contribution in [0.3, 0.4) is 0 Å². The van der Waals surface area contributed by atoms with Crippen molar-refractivity contribution in [2.75, 3.05) is 4.90 Å². The first-order chi connectivity index (χ1) is 25.1. The molecular weight excluding hydrogens is 615 g/mol. The van der Waals surface area contributed by atoms with E-state index in [2.05, 4.69) is 207 Å². The van der Waals surface area contributed by atoms with Gasteiger partial charge in [0.05, 0.1) is 11.1 Å². The van der Waals surface area contributed by atoms with Crippen LogP contribution in [0.4, 0.5) is 17.1 Å². The predicted molar refractivity (Wildman–Crippen MR) is 213 cm³/mol. The minimum atomic E-state index is -0.432. The fraction of sp³-hybridized carbons (Fsp3) is 0.0800. The molecule has 0 bridgehead atoms. The van der Waals surface area contributed by atoms with Gasteiger partial charge in [-0.15, -0.1) is 0 Å². The molecule has 0 radical (unpaired) electrons. The molecule has 8 aromatic rings. The average molecular weight is 652 g/mol. The third-order valence-corrected chi connectivity index (χ3v) is 11.5. The van der Waals surface area contributed by atoms with Gasteiger partial charge in [0, 0.05) is 22.2 Å². The van der Waals surface area contributed by atoms with Crippen LogP contribution in [0.1, 0.15) is 47.2 Å². The summed E-state index contributed by atoms with van der Waals surface area (Å²) in [5.41, 5.74) is 16.2. The molecule has 0 saturated heterocycles. The Morgan fingerprint density at radius 2 is 0.961 bits per heavy atom. The molecule has 0 saturated carbocycles. The standard InChI is InChI=1S/C50H37N/c1-49(2)43-26-14-12-23-38(43)39-30-29-37(33-46(39)49)51(36-21-10-5-11-22-36)47-28-16-25-41-40(47)31-32-45-48(41)42-24-13-15-27-44(42)50(45,34-17-6-3-7-18-34)35-19-8-4-9-20-35/h3-33H,1-2H3. The van der Waals surface area contributed by atoms with Crippen LogP contribution in [0.2, 0.25) is 0 Å². The highest BCUT2D eigenvalue weighted by atomic mass is 15.1. The van der Waals surface area contributed by atoms with E-state index in [-0.39, 0.29) is 5.41 Å². The second-order valence-electron chi connectivity index (χ2n) is 14.5. The van der Waals surface area contributed by atoms with Gasteiger partial charge < -0.3 is 4.90 Å². The fourth-order valence-corrected chi connectivity index (χ4v) is 9.31. The molecule has 242 valence electrons. The summed E-state index contributed by atoms with van der Waals surface area (Å²) >= 11 is 0. The predicted octanol–water partition coefficient (Wildman–Crippen LogP) is 13.0. The summed E-state index contributed by atoms with van der Waals surface area (Å²) in [7, 11) is 0. The van der Waals surface area contributed by atoms with E-state index in [1.54, 1.807) is 0 Å². The van der Waals surface area contributed by atoms with Gasteiger partial charge in [-0.2, -0.15) is 0 Å². The van der Waals surface area contributed by atoms with Crippen LogP contribution in [0, 0.1) is 0 Å². The Morgan fingerprint density at radius 3 is 1.67 bits per heavy atom. The molecule has 1 heteroatoms. The van der Waals surface area contributed by atoms with Gasteiger partial charge in [0.1, 0.15) is 0 Å². The summed E-state index contributed by atoms with van der Waals surface area (Å²) < 4.78 is 0. The lowest BCUT2D eigenvalue weighted by Crippen LogP contribution is -2.28. The topological polar surface area (TPSA) is 3.24 Å². The van der Waals surface area contributed by atoms with Gasteiger partial charge in [0.25, 0.3) is 0 Å². The maximum Gasteiger partial charge on any atom is 0.0713 e. The summed E-state index contributed by atoms with van der Waals surface area (Å²) in [5, 5.41) is 2.50. The fourth-order valence-electron chi connectivity index (χ4n) is 9.31. The molecule has 2 aliphatic carbocycles. The Hall–Kier alpha value is -6.18. The average Bonchev–Trinajstić information content (AvgIpc) is 3.62. The lowest BCUT2D eigenvalue weighted by molar-refractivity contribution is 0.660. The molecule has 1 nitrogen and oxygen atoms in total. The number of hydrogen-bond acceptors (Lipinski definition) is 1. The van der Waals surface area contributed by atoms with Crippen LogP contribution in [-0.2, 0) is 10.8 Å². The van der Waals surface area contributed by atoms with Gasteiger partial charge in [0.15, 0.2) is 0 Å². The van der Waals surface area contributed by atoms with Gasteiger partial charge in [-0.1, -0.05) is 172 Å². The molecule has 0 heterocycles. The summed E-state index contributed by atoms with van der Waals surface area (Å²) in [6, 6.07) is 69.6. The number of rotatable bonds is 5. The number of hydrogen-bond donors (Lipinski definition) is 0. The van der Waals surface area contributed by atoms with Crippen molar-refractivity contribution >= 4 is 27.8 Å². The monoisotopic (exact) mass is 651 g/mol. The van der Waals surface area contributed by atoms with E-state index in [0.717, 1.165) is 11.4 Å². The van der Waals surface area contributed by atoms with E-state index in [9.17, 15) is 0 Å². The molecule has 0 N–H and O–H groups in total. The second-order valence-corrected chi connectivity index (χ2v) is 14.5. The third-order valence-electron chi connectivity index (χ3n) is 11.5. The highest BCUT2D eigenvalue weighted by molar-refractivity contribution is 6.10. The van der Waals surface area contributed by atoms with Crippen LogP contribution >= 0.6 is 0 Å². The van der Waals surface area contributed by atoms with Crippen LogP contribution in [0.25, 0.3) is 33.0 Å². The van der Waals surface area contributed by atoms with Gasteiger partial charge >= 0.3 is 0 Å². The van der Waals surface area contributed by atoms with Crippen molar-refractivity contribution in [3.05, 3.63) is 221 Å². The summed E-state index contributed by atoms with van der Waals surface area (Å²) in [6.45, 7) is 4.72. The van der Waals surface area contributed by atoms with Crippen molar-refractivity contribution in [2.24, 2.45) is 0 Å². The SMILES string of the molecule is CC1(C)c2ccccc2-c2ccc(N(c3ccccc3)c3cccc4c5c(ccc34)C(c3ccccc3)(c3ccccc3)c3ccccc3-5)cc21. The van der Waals surface area contributed by atoms with Gasteiger partial charge in [-0.3, -0.25) is 0 Å². The largest absolute Gasteiger partial charge is 0.310 e. The van der Waals surface area contributed by atoms with Crippen molar-refractivity contribution in [3.63, 3.8) is 0 Å². The molecule has 2 aliphatic rings. The Labute approximate surface area is 300 Å². The normalized spacial score (nSPS) is 14.4. The number of benzene rings is 8. The first kappa shape index (κ1) is 29.7. The van der Waals surface area contributed by atoms with Crippen LogP contribution < -0.4 is 4.90 Å². The van der Waals surface area contributed by atoms with Crippen molar-refractivity contribution in [1.82, 2.24) is 0 Å². The lowest BCUT2D eigenvalue weighted by Gasteiger charge is -2.34. The Bertz CT molecular complexity index is 2560. The molecule has 0 aliphatic heterocycles. The zero-order chi connectivity index (χ0) is 34.2. The molecule has 0 fully saturated rings. The zero-order valence-corrected chi connectivity index (χ0v) is 28.8. The van der Waals surface area contributed by atoms with Gasteiger partial charge in [-0.05, 0) is 91.4 Å². The Balaban J connectivity index is 1.24. The molecule has 8 aromatic carbocycles. The van der Waals surface area contributed by atoms with Crippen LogP contribution in [-0.4, -0.2) is 0 Å².